The Bertz CT molecular complexity index is 2120. The molecule has 0 N–H and O–H groups in total. The van der Waals surface area contributed by atoms with Gasteiger partial charge in [-0.1, -0.05) is 152 Å². The van der Waals surface area contributed by atoms with Crippen LogP contribution in [0.3, 0.4) is 0 Å². The molecule has 5 aromatic carbocycles. The molecule has 1 saturated carbocycles. The van der Waals surface area contributed by atoms with E-state index in [4.69, 9.17) is 4.74 Å². The van der Waals surface area contributed by atoms with Gasteiger partial charge < -0.3 is 14.7 Å². The van der Waals surface area contributed by atoms with Crippen LogP contribution in [0.1, 0.15) is 43.6 Å². The molecule has 1 fully saturated rings. The van der Waals surface area contributed by atoms with Crippen molar-refractivity contribution >= 4 is 28.8 Å². The molecule has 0 amide bonds. The molecule has 9 rings (SSSR count). The molecule has 5 heteroatoms. The fourth-order valence-corrected chi connectivity index (χ4v) is 12.6. The molecule has 1 aliphatic heterocycles. The Morgan fingerprint density at radius 1 is 0.569 bits per heavy atom. The van der Waals surface area contributed by atoms with Crippen molar-refractivity contribution in [2.24, 2.45) is 0 Å². The van der Waals surface area contributed by atoms with Crippen molar-refractivity contribution in [3.05, 3.63) is 182 Å². The molecule has 2 aromatic heterocycles. The minimum absolute atomic E-state index is 0. The van der Waals surface area contributed by atoms with Gasteiger partial charge in [-0.3, -0.25) is 0 Å². The zero-order valence-electron chi connectivity index (χ0n) is 28.3. The SMILES string of the molecule is [Ir].[c-]1cc(C2CCCCC2)ccc1-c1ccccn1.[c-]1ccc2c(c1-c1ccccn1)Oc1ccccc1[Si]2(c1ccccc1)c1ccccc1. The Labute approximate surface area is 315 Å². The van der Waals surface area contributed by atoms with Crippen molar-refractivity contribution < 1.29 is 24.8 Å². The van der Waals surface area contributed by atoms with Gasteiger partial charge in [0, 0.05) is 38.2 Å². The number of hydrogen-bond donors (Lipinski definition) is 0. The average molecular weight is 855 g/mol. The van der Waals surface area contributed by atoms with E-state index >= 15 is 0 Å². The minimum atomic E-state index is -2.61. The molecule has 3 heterocycles. The number of pyridine rings is 2. The fraction of sp³-hybridized carbons (Fsp3) is 0.130. The standard InChI is InChI=1S/C29H20NOSi.C17H18N.Ir/c1-3-12-22(13-4-1)32(23-14-5-2-6-15-23)27-19-8-7-18-26(27)31-29-24(16-11-20-28(29)32)25-17-9-10-21-30-25;1-2-6-14(7-3-1)15-9-11-16(12-10-15)17-8-4-5-13-18-17;/h1-15,17-21H;4-5,8-11,13-14H,1-3,6-7H2;/q2*-1;. The van der Waals surface area contributed by atoms with Gasteiger partial charge in [0.2, 0.25) is 0 Å². The third kappa shape index (κ3) is 6.90. The summed E-state index contributed by atoms with van der Waals surface area (Å²) in [6, 6.07) is 59.8. The van der Waals surface area contributed by atoms with Crippen LogP contribution in [0.5, 0.6) is 11.5 Å². The van der Waals surface area contributed by atoms with Gasteiger partial charge in [0.15, 0.2) is 8.07 Å². The van der Waals surface area contributed by atoms with Crippen molar-refractivity contribution in [1.82, 2.24) is 9.97 Å². The maximum absolute atomic E-state index is 6.62. The summed E-state index contributed by atoms with van der Waals surface area (Å²) in [4.78, 5) is 8.97. The van der Waals surface area contributed by atoms with E-state index in [9.17, 15) is 0 Å². The topological polar surface area (TPSA) is 35.0 Å². The Balaban J connectivity index is 0.000000182. The predicted molar refractivity (Wildman–Crippen MR) is 207 cm³/mol. The summed E-state index contributed by atoms with van der Waals surface area (Å²) in [6.07, 6.45) is 10.5. The van der Waals surface area contributed by atoms with Crippen LogP contribution in [-0.2, 0) is 20.1 Å². The largest absolute Gasteiger partial charge is 0.502 e. The van der Waals surface area contributed by atoms with Gasteiger partial charge in [-0.15, -0.1) is 53.6 Å². The number of fused-ring (bicyclic) bond motifs is 2. The zero-order chi connectivity index (χ0) is 33.6. The molecule has 0 spiro atoms. The molecule has 51 heavy (non-hydrogen) atoms. The molecule has 0 atom stereocenters. The maximum atomic E-state index is 6.62. The van der Waals surface area contributed by atoms with E-state index in [-0.39, 0.29) is 20.1 Å². The van der Waals surface area contributed by atoms with E-state index in [2.05, 4.69) is 125 Å². The van der Waals surface area contributed by atoms with E-state index in [1.807, 2.05) is 60.9 Å². The first kappa shape index (κ1) is 34.5. The molecule has 7 aromatic rings. The summed E-state index contributed by atoms with van der Waals surface area (Å²) >= 11 is 0. The van der Waals surface area contributed by atoms with Crippen LogP contribution in [0.2, 0.25) is 0 Å². The van der Waals surface area contributed by atoms with Crippen LogP contribution in [0.4, 0.5) is 0 Å². The number of nitrogens with zero attached hydrogens (tertiary/aromatic N) is 2. The maximum Gasteiger partial charge on any atom is 0.169 e. The average Bonchev–Trinajstić information content (AvgIpc) is 3.22. The van der Waals surface area contributed by atoms with Gasteiger partial charge in [-0.2, -0.15) is 0 Å². The van der Waals surface area contributed by atoms with E-state index in [1.54, 1.807) is 0 Å². The van der Waals surface area contributed by atoms with Crippen molar-refractivity contribution in [2.45, 2.75) is 38.0 Å². The zero-order valence-corrected chi connectivity index (χ0v) is 31.7. The first-order chi connectivity index (χ1) is 24.8. The Kier molecular flexibility index (Phi) is 10.8. The van der Waals surface area contributed by atoms with Crippen LogP contribution < -0.4 is 25.5 Å². The van der Waals surface area contributed by atoms with E-state index in [0.717, 1.165) is 39.9 Å². The summed E-state index contributed by atoms with van der Waals surface area (Å²) in [7, 11) is -2.61. The van der Waals surface area contributed by atoms with Crippen LogP contribution in [0, 0.1) is 12.1 Å². The Morgan fingerprint density at radius 3 is 1.82 bits per heavy atom. The van der Waals surface area contributed by atoms with Gasteiger partial charge in [-0.25, -0.2) is 0 Å². The number of hydrogen-bond acceptors (Lipinski definition) is 3. The third-order valence-electron chi connectivity index (χ3n) is 10.0. The quantitative estimate of drug-likeness (QED) is 0.129. The molecular formula is C46H38IrN2OSi-2. The molecule has 0 unspecified atom stereocenters. The Hall–Kier alpha value is -4.93. The first-order valence-corrected chi connectivity index (χ1v) is 19.6. The van der Waals surface area contributed by atoms with Crippen LogP contribution in [0.15, 0.2) is 164 Å². The molecule has 1 aliphatic carbocycles. The second-order valence-corrected chi connectivity index (χ2v) is 16.7. The molecule has 0 saturated heterocycles. The fourth-order valence-electron chi connectivity index (χ4n) is 7.68. The van der Waals surface area contributed by atoms with Crippen molar-refractivity contribution in [3.8, 4) is 34.0 Å². The Morgan fingerprint density at radius 2 is 1.20 bits per heavy atom. The van der Waals surface area contributed by atoms with Gasteiger partial charge >= 0.3 is 0 Å². The number of ether oxygens (including phenoxy) is 1. The van der Waals surface area contributed by atoms with E-state index in [1.165, 1.54) is 58.4 Å². The van der Waals surface area contributed by atoms with E-state index < -0.39 is 8.07 Å². The normalized spacial score (nSPS) is 14.4. The molecular weight excluding hydrogens is 817 g/mol. The van der Waals surface area contributed by atoms with Crippen molar-refractivity contribution in [1.29, 1.82) is 0 Å². The van der Waals surface area contributed by atoms with Gasteiger partial charge in [0.25, 0.3) is 0 Å². The van der Waals surface area contributed by atoms with Gasteiger partial charge in [0.1, 0.15) is 5.75 Å². The van der Waals surface area contributed by atoms with Crippen molar-refractivity contribution in [3.63, 3.8) is 0 Å². The number of aromatic nitrogens is 2. The summed E-state index contributed by atoms with van der Waals surface area (Å²) in [6.45, 7) is 0. The minimum Gasteiger partial charge on any atom is -0.502 e. The molecule has 253 valence electrons. The number of para-hydroxylation sites is 1. The summed E-state index contributed by atoms with van der Waals surface area (Å²) < 4.78 is 6.62. The summed E-state index contributed by atoms with van der Waals surface area (Å²) in [5, 5.41) is 5.17. The number of benzene rings is 5. The third-order valence-corrected chi connectivity index (χ3v) is 14.9. The summed E-state index contributed by atoms with van der Waals surface area (Å²) in [5.41, 5.74) is 5.33. The summed E-state index contributed by atoms with van der Waals surface area (Å²) in [5.74, 6) is 2.54. The van der Waals surface area contributed by atoms with Gasteiger partial charge in [0.05, 0.1) is 0 Å². The smallest absolute Gasteiger partial charge is 0.169 e. The van der Waals surface area contributed by atoms with Crippen LogP contribution in [0.25, 0.3) is 22.5 Å². The predicted octanol–water partition coefficient (Wildman–Crippen LogP) is 8.63. The monoisotopic (exact) mass is 855 g/mol. The van der Waals surface area contributed by atoms with Crippen LogP contribution in [-0.4, -0.2) is 18.0 Å². The number of rotatable bonds is 5. The molecule has 0 bridgehead atoms. The molecule has 2 aliphatic rings. The van der Waals surface area contributed by atoms with Gasteiger partial charge in [-0.05, 0) is 45.1 Å². The van der Waals surface area contributed by atoms with E-state index in [0.29, 0.717) is 0 Å². The van der Waals surface area contributed by atoms with Crippen LogP contribution >= 0.6 is 0 Å². The first-order valence-electron chi connectivity index (χ1n) is 17.6. The molecule has 1 radical (unpaired) electrons. The second kappa shape index (κ2) is 16.0. The van der Waals surface area contributed by atoms with Crippen molar-refractivity contribution in [2.75, 3.05) is 0 Å². The second-order valence-electron chi connectivity index (χ2n) is 13.0. The molecule has 3 nitrogen and oxygen atoms in total.